The Balaban J connectivity index is 1.61. The number of nitrogens with zero attached hydrogens (tertiary/aromatic N) is 2. The Kier molecular flexibility index (Phi) is 5.48. The lowest BCUT2D eigenvalue weighted by atomic mass is 10.1. The van der Waals surface area contributed by atoms with Gasteiger partial charge < -0.3 is 9.72 Å². The predicted octanol–water partition coefficient (Wildman–Crippen LogP) is 4.40. The number of carbonyl (C=O) groups is 1. The van der Waals surface area contributed by atoms with Crippen molar-refractivity contribution in [3.8, 4) is 11.3 Å². The van der Waals surface area contributed by atoms with E-state index >= 15 is 0 Å². The average molecular weight is 435 g/mol. The molecule has 2 N–H and O–H groups in total. The Labute approximate surface area is 180 Å². The molecule has 0 unspecified atom stereocenters. The maximum Gasteiger partial charge on any atom is 0.261 e. The van der Waals surface area contributed by atoms with Crippen LogP contribution in [-0.2, 0) is 14.8 Å². The molecule has 0 saturated heterocycles. The highest BCUT2D eigenvalue weighted by molar-refractivity contribution is 7.92. The van der Waals surface area contributed by atoms with E-state index in [1.165, 1.54) is 12.1 Å². The number of nitrogens with one attached hydrogen (secondary N) is 2. The number of sulfonamides is 1. The molecule has 7 nitrogen and oxygen atoms in total. The first-order chi connectivity index (χ1) is 14.8. The van der Waals surface area contributed by atoms with Crippen LogP contribution in [0.25, 0.3) is 16.9 Å². The number of amides is 1. The third kappa shape index (κ3) is 4.44. The van der Waals surface area contributed by atoms with Crippen LogP contribution >= 0.6 is 0 Å². The van der Waals surface area contributed by atoms with E-state index in [0.29, 0.717) is 22.6 Å². The Morgan fingerprint density at radius 3 is 2.39 bits per heavy atom. The van der Waals surface area contributed by atoms with Crippen molar-refractivity contribution in [2.45, 2.75) is 18.7 Å². The Bertz CT molecular complexity index is 1310. The van der Waals surface area contributed by atoms with E-state index in [2.05, 4.69) is 15.0 Å². The average Bonchev–Trinajstić information content (AvgIpc) is 3.18. The maximum absolute atomic E-state index is 13.0. The van der Waals surface area contributed by atoms with Gasteiger partial charge in [-0.05, 0) is 42.5 Å². The Morgan fingerprint density at radius 2 is 1.68 bits per heavy atom. The summed E-state index contributed by atoms with van der Waals surface area (Å²) in [6, 6.07) is 18.9. The molecule has 8 heteroatoms. The van der Waals surface area contributed by atoms with Crippen LogP contribution in [0.15, 0.2) is 84.0 Å². The minimum atomic E-state index is -3.83. The van der Waals surface area contributed by atoms with E-state index in [1.807, 2.05) is 47.1 Å². The van der Waals surface area contributed by atoms with Crippen LogP contribution in [0.1, 0.15) is 13.8 Å². The molecule has 0 aliphatic rings. The minimum Gasteiger partial charge on any atom is -0.326 e. The largest absolute Gasteiger partial charge is 0.326 e. The second kappa shape index (κ2) is 8.23. The highest BCUT2D eigenvalue weighted by Crippen LogP contribution is 2.29. The molecule has 0 atom stereocenters. The SMILES string of the molecule is CC(C)C(=O)Nc1ccc(S(=O)(=O)Nc2ccccc2-c2cn3ccccc3n2)cc1. The smallest absolute Gasteiger partial charge is 0.261 e. The van der Waals surface area contributed by atoms with E-state index < -0.39 is 10.0 Å². The van der Waals surface area contributed by atoms with Gasteiger partial charge in [0.15, 0.2) is 0 Å². The van der Waals surface area contributed by atoms with Gasteiger partial charge in [0.05, 0.1) is 16.3 Å². The molecule has 2 aromatic heterocycles. The van der Waals surface area contributed by atoms with E-state index in [4.69, 9.17) is 0 Å². The first-order valence-electron chi connectivity index (χ1n) is 9.80. The Hall–Kier alpha value is -3.65. The van der Waals surface area contributed by atoms with E-state index in [9.17, 15) is 13.2 Å². The minimum absolute atomic E-state index is 0.0971. The van der Waals surface area contributed by atoms with Gasteiger partial charge in [-0.3, -0.25) is 9.52 Å². The summed E-state index contributed by atoms with van der Waals surface area (Å²) in [6.45, 7) is 3.58. The molecule has 0 radical (unpaired) electrons. The van der Waals surface area contributed by atoms with E-state index in [0.717, 1.165) is 5.65 Å². The van der Waals surface area contributed by atoms with Gasteiger partial charge in [0.1, 0.15) is 5.65 Å². The number of carbonyl (C=O) groups excluding carboxylic acids is 1. The number of aromatic nitrogens is 2. The van der Waals surface area contributed by atoms with Crippen molar-refractivity contribution < 1.29 is 13.2 Å². The summed E-state index contributed by atoms with van der Waals surface area (Å²) in [7, 11) is -3.83. The predicted molar refractivity (Wildman–Crippen MR) is 121 cm³/mol. The van der Waals surface area contributed by atoms with Crippen LogP contribution < -0.4 is 10.0 Å². The van der Waals surface area contributed by atoms with Gasteiger partial charge >= 0.3 is 0 Å². The van der Waals surface area contributed by atoms with E-state index in [-0.39, 0.29) is 16.7 Å². The maximum atomic E-state index is 13.0. The molecular weight excluding hydrogens is 412 g/mol. The molecule has 2 heterocycles. The molecule has 4 rings (SSSR count). The quantitative estimate of drug-likeness (QED) is 0.471. The zero-order valence-electron chi connectivity index (χ0n) is 17.1. The molecule has 0 aliphatic heterocycles. The summed E-state index contributed by atoms with van der Waals surface area (Å²) < 4.78 is 30.5. The normalized spacial score (nSPS) is 11.6. The number of hydrogen-bond acceptors (Lipinski definition) is 4. The first-order valence-corrected chi connectivity index (χ1v) is 11.3. The molecule has 0 saturated carbocycles. The van der Waals surface area contributed by atoms with Crippen LogP contribution in [-0.4, -0.2) is 23.7 Å². The number of fused-ring (bicyclic) bond motifs is 1. The van der Waals surface area contributed by atoms with Crippen molar-refractivity contribution in [2.75, 3.05) is 10.0 Å². The van der Waals surface area contributed by atoms with Gasteiger partial charge in [-0.25, -0.2) is 13.4 Å². The van der Waals surface area contributed by atoms with Crippen molar-refractivity contribution in [1.82, 2.24) is 9.38 Å². The summed E-state index contributed by atoms with van der Waals surface area (Å²) in [6.07, 6.45) is 3.74. The first kappa shape index (κ1) is 20.6. The molecule has 0 spiro atoms. The number of imidazole rings is 1. The Morgan fingerprint density at radius 1 is 0.968 bits per heavy atom. The zero-order chi connectivity index (χ0) is 22.0. The van der Waals surface area contributed by atoms with Gasteiger partial charge in [0.25, 0.3) is 10.0 Å². The third-order valence-corrected chi connectivity index (χ3v) is 6.15. The van der Waals surface area contributed by atoms with Crippen LogP contribution in [0, 0.1) is 5.92 Å². The van der Waals surface area contributed by atoms with E-state index in [1.54, 1.807) is 38.1 Å². The van der Waals surface area contributed by atoms with Crippen LogP contribution in [0.3, 0.4) is 0 Å². The highest BCUT2D eigenvalue weighted by Gasteiger charge is 2.18. The lowest BCUT2D eigenvalue weighted by molar-refractivity contribution is -0.118. The fraction of sp³-hybridized carbons (Fsp3) is 0.130. The van der Waals surface area contributed by atoms with Crippen LogP contribution in [0.4, 0.5) is 11.4 Å². The number of benzene rings is 2. The fourth-order valence-electron chi connectivity index (χ4n) is 3.07. The molecule has 0 fully saturated rings. The molecule has 0 aliphatic carbocycles. The van der Waals surface area contributed by atoms with Crippen molar-refractivity contribution >= 4 is 33.0 Å². The second-order valence-corrected chi connectivity index (χ2v) is 9.09. The summed E-state index contributed by atoms with van der Waals surface area (Å²) in [5.74, 6) is -0.295. The summed E-state index contributed by atoms with van der Waals surface area (Å²) in [5, 5.41) is 2.75. The molecule has 0 bridgehead atoms. The third-order valence-electron chi connectivity index (χ3n) is 4.77. The van der Waals surface area contributed by atoms with Crippen molar-refractivity contribution in [3.63, 3.8) is 0 Å². The highest BCUT2D eigenvalue weighted by atomic mass is 32.2. The van der Waals surface area contributed by atoms with Crippen LogP contribution in [0.5, 0.6) is 0 Å². The number of hydrogen-bond donors (Lipinski definition) is 2. The van der Waals surface area contributed by atoms with Gasteiger partial charge in [-0.1, -0.05) is 38.1 Å². The topological polar surface area (TPSA) is 92.6 Å². The lowest BCUT2D eigenvalue weighted by Crippen LogP contribution is -2.18. The molecule has 4 aromatic rings. The molecular formula is C23H22N4O3S. The van der Waals surface area contributed by atoms with Gasteiger partial charge in [-0.2, -0.15) is 0 Å². The summed E-state index contributed by atoms with van der Waals surface area (Å²) in [4.78, 5) is 16.5. The molecule has 31 heavy (non-hydrogen) atoms. The van der Waals surface area contributed by atoms with Gasteiger partial charge in [-0.15, -0.1) is 0 Å². The second-order valence-electron chi connectivity index (χ2n) is 7.41. The van der Waals surface area contributed by atoms with Crippen LogP contribution in [0.2, 0.25) is 0 Å². The monoisotopic (exact) mass is 434 g/mol. The molecule has 158 valence electrons. The standard InChI is InChI=1S/C23H22N4O3S/c1-16(2)23(28)24-17-10-12-18(13-11-17)31(29,30)26-20-8-4-3-7-19(20)21-15-27-14-6-5-9-22(27)25-21/h3-16,26H,1-2H3,(H,24,28). The summed E-state index contributed by atoms with van der Waals surface area (Å²) in [5.41, 5.74) is 3.09. The number of pyridine rings is 1. The van der Waals surface area contributed by atoms with Crippen molar-refractivity contribution in [2.24, 2.45) is 5.92 Å². The molecule has 1 amide bonds. The summed E-state index contributed by atoms with van der Waals surface area (Å²) >= 11 is 0. The number of para-hydroxylation sites is 1. The molecule has 2 aromatic carbocycles. The van der Waals surface area contributed by atoms with Gasteiger partial charge in [0, 0.05) is 29.6 Å². The van der Waals surface area contributed by atoms with Gasteiger partial charge in [0.2, 0.25) is 5.91 Å². The lowest BCUT2D eigenvalue weighted by Gasteiger charge is -2.12. The number of rotatable bonds is 6. The number of anilines is 2. The van der Waals surface area contributed by atoms with Crippen molar-refractivity contribution in [1.29, 1.82) is 0 Å². The van der Waals surface area contributed by atoms with Crippen molar-refractivity contribution in [3.05, 3.63) is 79.1 Å². The zero-order valence-corrected chi connectivity index (χ0v) is 17.9. The fourth-order valence-corrected chi connectivity index (χ4v) is 4.15.